The first-order valence-electron chi connectivity index (χ1n) is 5.31. The van der Waals surface area contributed by atoms with Crippen molar-refractivity contribution in [3.8, 4) is 12.1 Å². The molecule has 0 bridgehead atoms. The molecule has 0 aliphatic carbocycles. The van der Waals surface area contributed by atoms with Gasteiger partial charge in [-0.25, -0.2) is 4.39 Å². The molecule has 1 N–H and O–H groups in total. The van der Waals surface area contributed by atoms with Crippen LogP contribution in [0.2, 0.25) is 0 Å². The van der Waals surface area contributed by atoms with Gasteiger partial charge < -0.3 is 5.32 Å². The third kappa shape index (κ3) is 2.73. The molecule has 2 rings (SSSR count). The van der Waals surface area contributed by atoms with Crippen molar-refractivity contribution in [2.24, 2.45) is 0 Å². The zero-order valence-electron chi connectivity index (χ0n) is 9.61. The van der Waals surface area contributed by atoms with E-state index in [9.17, 15) is 4.39 Å². The summed E-state index contributed by atoms with van der Waals surface area (Å²) in [4.78, 5) is 0. The zero-order valence-corrected chi connectivity index (χ0v) is 11.2. The van der Waals surface area contributed by atoms with Gasteiger partial charge in [-0.05, 0) is 46.3 Å². The maximum absolute atomic E-state index is 13.2. The van der Waals surface area contributed by atoms with Crippen molar-refractivity contribution in [3.05, 3.63) is 57.8 Å². The van der Waals surface area contributed by atoms with Gasteiger partial charge >= 0.3 is 0 Å². The maximum atomic E-state index is 13.2. The van der Waals surface area contributed by atoms with E-state index in [1.165, 1.54) is 18.2 Å². The number of halogens is 2. The summed E-state index contributed by atoms with van der Waals surface area (Å²) >= 11 is 3.29. The highest BCUT2D eigenvalue weighted by atomic mass is 79.9. The Bertz CT molecular complexity index is 714. The minimum Gasteiger partial charge on any atom is -0.354 e. The molecule has 0 atom stereocenters. The molecule has 0 fully saturated rings. The van der Waals surface area contributed by atoms with E-state index in [2.05, 4.69) is 27.3 Å². The Balaban J connectivity index is 2.40. The van der Waals surface area contributed by atoms with Crippen molar-refractivity contribution >= 4 is 27.3 Å². The van der Waals surface area contributed by atoms with E-state index in [-0.39, 0.29) is 5.56 Å². The molecule has 0 unspecified atom stereocenters. The summed E-state index contributed by atoms with van der Waals surface area (Å²) < 4.78 is 13.9. The third-order valence-electron chi connectivity index (χ3n) is 2.49. The van der Waals surface area contributed by atoms with Gasteiger partial charge in [0, 0.05) is 10.2 Å². The first-order chi connectivity index (χ1) is 9.15. The van der Waals surface area contributed by atoms with E-state index in [0.717, 1.165) is 0 Å². The quantitative estimate of drug-likeness (QED) is 0.908. The molecule has 2 aromatic rings. The van der Waals surface area contributed by atoms with E-state index >= 15 is 0 Å². The summed E-state index contributed by atoms with van der Waals surface area (Å²) in [7, 11) is 0. The summed E-state index contributed by atoms with van der Waals surface area (Å²) in [6, 6.07) is 13.2. The predicted molar refractivity (Wildman–Crippen MR) is 73.3 cm³/mol. The van der Waals surface area contributed by atoms with Gasteiger partial charge in [0.25, 0.3) is 0 Å². The number of hydrogen-bond acceptors (Lipinski definition) is 3. The highest BCUT2D eigenvalue weighted by molar-refractivity contribution is 9.10. The number of rotatable bonds is 2. The lowest BCUT2D eigenvalue weighted by Crippen LogP contribution is -1.95. The van der Waals surface area contributed by atoms with Gasteiger partial charge in [0.15, 0.2) is 0 Å². The van der Waals surface area contributed by atoms with Crippen molar-refractivity contribution in [3.63, 3.8) is 0 Å². The smallest absolute Gasteiger partial charge is 0.141 e. The Morgan fingerprint density at radius 3 is 2.58 bits per heavy atom. The second-order valence-corrected chi connectivity index (χ2v) is 4.56. The molecule has 19 heavy (non-hydrogen) atoms. The van der Waals surface area contributed by atoms with Gasteiger partial charge in [-0.3, -0.25) is 0 Å². The van der Waals surface area contributed by atoms with Crippen LogP contribution in [0.4, 0.5) is 15.8 Å². The first-order valence-corrected chi connectivity index (χ1v) is 6.10. The normalized spacial score (nSPS) is 9.47. The molecule has 0 spiro atoms. The van der Waals surface area contributed by atoms with E-state index in [4.69, 9.17) is 10.5 Å². The van der Waals surface area contributed by atoms with Crippen LogP contribution < -0.4 is 5.32 Å². The number of anilines is 2. The van der Waals surface area contributed by atoms with Gasteiger partial charge in [-0.1, -0.05) is 6.07 Å². The second kappa shape index (κ2) is 5.51. The van der Waals surface area contributed by atoms with Crippen LogP contribution in [-0.4, -0.2) is 0 Å². The van der Waals surface area contributed by atoms with Crippen molar-refractivity contribution in [2.75, 3.05) is 5.32 Å². The predicted octanol–water partition coefficient (Wildman–Crippen LogP) is 4.08. The summed E-state index contributed by atoms with van der Waals surface area (Å²) in [6.07, 6.45) is 0. The molecule has 92 valence electrons. The molecular formula is C14H7BrFN3. The average Bonchev–Trinajstić information content (AvgIpc) is 2.41. The highest BCUT2D eigenvalue weighted by Gasteiger charge is 2.08. The summed E-state index contributed by atoms with van der Waals surface area (Å²) in [5, 5.41) is 20.9. The second-order valence-electron chi connectivity index (χ2n) is 3.71. The van der Waals surface area contributed by atoms with Crippen LogP contribution in [0.25, 0.3) is 0 Å². The van der Waals surface area contributed by atoms with Crippen molar-refractivity contribution in [2.45, 2.75) is 0 Å². The third-order valence-corrected chi connectivity index (χ3v) is 3.15. The largest absolute Gasteiger partial charge is 0.354 e. The Kier molecular flexibility index (Phi) is 3.79. The summed E-state index contributed by atoms with van der Waals surface area (Å²) in [5.74, 6) is -0.567. The molecule has 0 aliphatic rings. The van der Waals surface area contributed by atoms with E-state index in [1.54, 1.807) is 24.3 Å². The lowest BCUT2D eigenvalue weighted by atomic mass is 10.1. The molecular weight excluding hydrogens is 309 g/mol. The van der Waals surface area contributed by atoms with Crippen molar-refractivity contribution < 1.29 is 4.39 Å². The fourth-order valence-corrected chi connectivity index (χ4v) is 2.04. The lowest BCUT2D eigenvalue weighted by Gasteiger charge is -2.09. The molecule has 0 aromatic heterocycles. The monoisotopic (exact) mass is 315 g/mol. The van der Waals surface area contributed by atoms with Crippen LogP contribution in [0.3, 0.4) is 0 Å². The molecule has 0 amide bonds. The Morgan fingerprint density at radius 1 is 1.11 bits per heavy atom. The minimum atomic E-state index is -0.567. The SMILES string of the molecule is N#Cc1cc(Nc2cccc(Br)c2C#N)ccc1F. The molecule has 3 nitrogen and oxygen atoms in total. The molecule has 0 heterocycles. The zero-order chi connectivity index (χ0) is 13.8. The van der Waals surface area contributed by atoms with Crippen LogP contribution in [0.1, 0.15) is 11.1 Å². The Hall–Kier alpha value is -2.37. The first kappa shape index (κ1) is 13.1. The Labute approximate surface area is 118 Å². The van der Waals surface area contributed by atoms with Crippen LogP contribution in [-0.2, 0) is 0 Å². The number of nitrogens with one attached hydrogen (secondary N) is 1. The van der Waals surface area contributed by atoms with Crippen molar-refractivity contribution in [1.82, 2.24) is 0 Å². The maximum Gasteiger partial charge on any atom is 0.141 e. The van der Waals surface area contributed by atoms with Gasteiger partial charge in [0.1, 0.15) is 18.0 Å². The minimum absolute atomic E-state index is 0.0431. The number of nitriles is 2. The van der Waals surface area contributed by atoms with E-state index in [1.807, 2.05) is 0 Å². The molecule has 0 radical (unpaired) electrons. The molecule has 5 heteroatoms. The topological polar surface area (TPSA) is 59.6 Å². The number of hydrogen-bond donors (Lipinski definition) is 1. The summed E-state index contributed by atoms with van der Waals surface area (Å²) in [6.45, 7) is 0. The fourth-order valence-electron chi connectivity index (χ4n) is 1.59. The van der Waals surface area contributed by atoms with Gasteiger partial charge in [-0.15, -0.1) is 0 Å². The average molecular weight is 316 g/mol. The summed E-state index contributed by atoms with van der Waals surface area (Å²) in [5.41, 5.74) is 1.55. The van der Waals surface area contributed by atoms with Gasteiger partial charge in [0.2, 0.25) is 0 Å². The van der Waals surface area contributed by atoms with Gasteiger partial charge in [-0.2, -0.15) is 10.5 Å². The Morgan fingerprint density at radius 2 is 1.89 bits per heavy atom. The lowest BCUT2D eigenvalue weighted by molar-refractivity contribution is 0.624. The van der Waals surface area contributed by atoms with E-state index in [0.29, 0.717) is 21.4 Å². The number of nitrogens with zero attached hydrogens (tertiary/aromatic N) is 2. The fraction of sp³-hybridized carbons (Fsp3) is 0. The molecule has 2 aromatic carbocycles. The standard InChI is InChI=1S/C14H7BrFN3/c15-12-2-1-3-14(11(12)8-18)19-10-4-5-13(16)9(6-10)7-17/h1-6,19H. The highest BCUT2D eigenvalue weighted by Crippen LogP contribution is 2.27. The van der Waals surface area contributed by atoms with Gasteiger partial charge in [0.05, 0.1) is 16.8 Å². The van der Waals surface area contributed by atoms with Crippen LogP contribution in [0.15, 0.2) is 40.9 Å². The van der Waals surface area contributed by atoms with Crippen LogP contribution in [0.5, 0.6) is 0 Å². The molecule has 0 aliphatic heterocycles. The van der Waals surface area contributed by atoms with Crippen LogP contribution >= 0.6 is 15.9 Å². The van der Waals surface area contributed by atoms with Crippen LogP contribution in [0, 0.1) is 28.5 Å². The number of benzene rings is 2. The van der Waals surface area contributed by atoms with Crippen molar-refractivity contribution in [1.29, 1.82) is 10.5 Å². The van der Waals surface area contributed by atoms with E-state index < -0.39 is 5.82 Å². The molecule has 0 saturated carbocycles. The molecule has 0 saturated heterocycles.